The summed E-state index contributed by atoms with van der Waals surface area (Å²) in [6.07, 6.45) is 1.84. The van der Waals surface area contributed by atoms with Crippen LogP contribution in [0, 0.1) is 0 Å². The predicted molar refractivity (Wildman–Crippen MR) is 74.6 cm³/mol. The maximum atomic E-state index is 5.88. The van der Waals surface area contributed by atoms with Crippen LogP contribution >= 0.6 is 11.6 Å². The Morgan fingerprint density at radius 1 is 1.28 bits per heavy atom. The van der Waals surface area contributed by atoms with E-state index in [0.29, 0.717) is 6.04 Å². The fourth-order valence-electron chi connectivity index (χ4n) is 1.92. The molecule has 0 unspecified atom stereocenters. The first-order valence-corrected chi connectivity index (χ1v) is 6.58. The molecule has 3 nitrogen and oxygen atoms in total. The van der Waals surface area contributed by atoms with Crippen molar-refractivity contribution in [3.05, 3.63) is 52.8 Å². The van der Waals surface area contributed by atoms with Crippen LogP contribution in [0.1, 0.15) is 31.1 Å². The molecule has 0 aliphatic rings. The molecular formula is C14H18ClN3. The minimum atomic E-state index is 0.294. The molecule has 0 fully saturated rings. The first kappa shape index (κ1) is 13.1. The fraction of sp³-hybridized carbons (Fsp3) is 0.357. The summed E-state index contributed by atoms with van der Waals surface area (Å²) in [5, 5.41) is 8.52. The van der Waals surface area contributed by atoms with E-state index in [1.54, 1.807) is 0 Å². The number of halogens is 1. The zero-order valence-electron chi connectivity index (χ0n) is 10.7. The molecule has 96 valence electrons. The molecule has 0 aliphatic carbocycles. The Hall–Kier alpha value is -1.32. The van der Waals surface area contributed by atoms with Crippen molar-refractivity contribution in [2.45, 2.75) is 33.0 Å². The average molecular weight is 264 g/mol. The van der Waals surface area contributed by atoms with Gasteiger partial charge in [-0.15, -0.1) is 0 Å². The Kier molecular flexibility index (Phi) is 4.39. The lowest BCUT2D eigenvalue weighted by Gasteiger charge is -2.14. The highest BCUT2D eigenvalue weighted by Gasteiger charge is 2.06. The summed E-state index contributed by atoms with van der Waals surface area (Å²) in [6.45, 7) is 5.96. The van der Waals surface area contributed by atoms with Crippen LogP contribution in [-0.2, 0) is 13.1 Å². The Balaban J connectivity index is 1.96. The average Bonchev–Trinajstić information content (AvgIpc) is 2.84. The molecule has 1 aromatic heterocycles. The summed E-state index contributed by atoms with van der Waals surface area (Å²) in [4.78, 5) is 0. The SMILES string of the molecule is CCn1nccc1CN[C@H](C)c1ccc(Cl)cc1. The van der Waals surface area contributed by atoms with E-state index in [1.165, 1.54) is 11.3 Å². The minimum absolute atomic E-state index is 0.294. The second kappa shape index (κ2) is 6.03. The Labute approximate surface area is 113 Å². The van der Waals surface area contributed by atoms with Crippen LogP contribution < -0.4 is 5.32 Å². The summed E-state index contributed by atoms with van der Waals surface area (Å²) in [7, 11) is 0. The van der Waals surface area contributed by atoms with Crippen molar-refractivity contribution in [1.29, 1.82) is 0 Å². The summed E-state index contributed by atoms with van der Waals surface area (Å²) < 4.78 is 2.00. The van der Waals surface area contributed by atoms with Gasteiger partial charge in [-0.25, -0.2) is 0 Å². The van der Waals surface area contributed by atoms with Gasteiger partial charge in [-0.3, -0.25) is 4.68 Å². The zero-order chi connectivity index (χ0) is 13.0. The summed E-state index contributed by atoms with van der Waals surface area (Å²) >= 11 is 5.88. The van der Waals surface area contributed by atoms with Crippen LogP contribution in [0.2, 0.25) is 5.02 Å². The van der Waals surface area contributed by atoms with Crippen molar-refractivity contribution in [1.82, 2.24) is 15.1 Å². The topological polar surface area (TPSA) is 29.9 Å². The molecule has 0 spiro atoms. The lowest BCUT2D eigenvalue weighted by atomic mass is 10.1. The van der Waals surface area contributed by atoms with Crippen LogP contribution in [-0.4, -0.2) is 9.78 Å². The highest BCUT2D eigenvalue weighted by Crippen LogP contribution is 2.16. The van der Waals surface area contributed by atoms with Crippen molar-refractivity contribution in [3.63, 3.8) is 0 Å². The second-order valence-corrected chi connectivity index (χ2v) is 4.73. The summed E-state index contributed by atoms with van der Waals surface area (Å²) in [5.41, 5.74) is 2.44. The lowest BCUT2D eigenvalue weighted by molar-refractivity contribution is 0.531. The molecule has 1 atom stereocenters. The zero-order valence-corrected chi connectivity index (χ0v) is 11.5. The lowest BCUT2D eigenvalue weighted by Crippen LogP contribution is -2.20. The van der Waals surface area contributed by atoms with Gasteiger partial charge in [0.2, 0.25) is 0 Å². The number of hydrogen-bond donors (Lipinski definition) is 1. The van der Waals surface area contributed by atoms with E-state index >= 15 is 0 Å². The quantitative estimate of drug-likeness (QED) is 0.896. The molecule has 1 heterocycles. The van der Waals surface area contributed by atoms with Crippen molar-refractivity contribution in [3.8, 4) is 0 Å². The van der Waals surface area contributed by atoms with Gasteiger partial charge in [0.25, 0.3) is 0 Å². The van der Waals surface area contributed by atoms with Crippen molar-refractivity contribution in [2.24, 2.45) is 0 Å². The minimum Gasteiger partial charge on any atom is -0.305 e. The molecular weight excluding hydrogens is 246 g/mol. The van der Waals surface area contributed by atoms with Gasteiger partial charge in [-0.05, 0) is 37.6 Å². The molecule has 0 bridgehead atoms. The summed E-state index contributed by atoms with van der Waals surface area (Å²) in [5.74, 6) is 0. The maximum Gasteiger partial charge on any atom is 0.0522 e. The van der Waals surface area contributed by atoms with E-state index in [0.717, 1.165) is 18.1 Å². The van der Waals surface area contributed by atoms with Crippen LogP contribution in [0.15, 0.2) is 36.5 Å². The van der Waals surface area contributed by atoms with Crippen molar-refractivity contribution < 1.29 is 0 Å². The van der Waals surface area contributed by atoms with E-state index in [9.17, 15) is 0 Å². The summed E-state index contributed by atoms with van der Waals surface area (Å²) in [6, 6.07) is 10.3. The normalized spacial score (nSPS) is 12.6. The van der Waals surface area contributed by atoms with E-state index < -0.39 is 0 Å². The van der Waals surface area contributed by atoms with Gasteiger partial charge in [0.15, 0.2) is 0 Å². The number of benzene rings is 1. The molecule has 18 heavy (non-hydrogen) atoms. The van der Waals surface area contributed by atoms with E-state index in [1.807, 2.05) is 29.1 Å². The third-order valence-corrected chi connectivity index (χ3v) is 3.32. The van der Waals surface area contributed by atoms with Crippen LogP contribution in [0.25, 0.3) is 0 Å². The van der Waals surface area contributed by atoms with Gasteiger partial charge < -0.3 is 5.32 Å². The number of aromatic nitrogens is 2. The monoisotopic (exact) mass is 263 g/mol. The van der Waals surface area contributed by atoms with Crippen LogP contribution in [0.4, 0.5) is 0 Å². The molecule has 0 saturated heterocycles. The number of aryl methyl sites for hydroxylation is 1. The number of nitrogens with zero attached hydrogens (tertiary/aromatic N) is 2. The largest absolute Gasteiger partial charge is 0.305 e. The van der Waals surface area contributed by atoms with Crippen LogP contribution in [0.3, 0.4) is 0 Å². The molecule has 0 amide bonds. The predicted octanol–water partition coefficient (Wildman–Crippen LogP) is 3.41. The van der Waals surface area contributed by atoms with Gasteiger partial charge in [-0.1, -0.05) is 23.7 Å². The van der Waals surface area contributed by atoms with E-state index in [2.05, 4.69) is 36.4 Å². The Morgan fingerprint density at radius 2 is 2.00 bits per heavy atom. The third kappa shape index (κ3) is 3.12. The first-order chi connectivity index (χ1) is 8.70. The Morgan fingerprint density at radius 3 is 2.67 bits per heavy atom. The van der Waals surface area contributed by atoms with E-state index in [4.69, 9.17) is 11.6 Å². The van der Waals surface area contributed by atoms with Crippen molar-refractivity contribution >= 4 is 11.6 Å². The molecule has 1 N–H and O–H groups in total. The second-order valence-electron chi connectivity index (χ2n) is 4.29. The number of hydrogen-bond acceptors (Lipinski definition) is 2. The first-order valence-electron chi connectivity index (χ1n) is 6.20. The van der Waals surface area contributed by atoms with E-state index in [-0.39, 0.29) is 0 Å². The fourth-order valence-corrected chi connectivity index (χ4v) is 2.05. The molecule has 2 rings (SSSR count). The molecule has 4 heteroatoms. The molecule has 0 aliphatic heterocycles. The standard InChI is InChI=1S/C14H18ClN3/c1-3-18-14(8-9-17-18)10-16-11(2)12-4-6-13(15)7-5-12/h4-9,11,16H,3,10H2,1-2H3/t11-/m1/s1. The molecule has 1 aromatic carbocycles. The van der Waals surface area contributed by atoms with Gasteiger partial charge in [0.05, 0.1) is 5.69 Å². The van der Waals surface area contributed by atoms with Gasteiger partial charge in [0.1, 0.15) is 0 Å². The highest BCUT2D eigenvalue weighted by atomic mass is 35.5. The molecule has 0 radical (unpaired) electrons. The number of rotatable bonds is 5. The van der Waals surface area contributed by atoms with Crippen molar-refractivity contribution in [2.75, 3.05) is 0 Å². The third-order valence-electron chi connectivity index (χ3n) is 3.06. The van der Waals surface area contributed by atoms with Gasteiger partial charge >= 0.3 is 0 Å². The molecule has 0 saturated carbocycles. The highest BCUT2D eigenvalue weighted by molar-refractivity contribution is 6.30. The smallest absolute Gasteiger partial charge is 0.0522 e. The molecule has 2 aromatic rings. The van der Waals surface area contributed by atoms with Crippen LogP contribution in [0.5, 0.6) is 0 Å². The van der Waals surface area contributed by atoms with Gasteiger partial charge in [-0.2, -0.15) is 5.10 Å². The maximum absolute atomic E-state index is 5.88. The van der Waals surface area contributed by atoms with Gasteiger partial charge in [0, 0.05) is 30.4 Å². The number of nitrogens with one attached hydrogen (secondary N) is 1. The Bertz CT molecular complexity index is 490.